The Kier molecular flexibility index (Phi) is 6.67. The molecule has 1 atom stereocenters. The van der Waals surface area contributed by atoms with Crippen LogP contribution < -0.4 is 10.6 Å². The van der Waals surface area contributed by atoms with E-state index in [4.69, 9.17) is 14.3 Å². The summed E-state index contributed by atoms with van der Waals surface area (Å²) in [7, 11) is 1.54. The van der Waals surface area contributed by atoms with E-state index in [0.717, 1.165) is 5.69 Å². The van der Waals surface area contributed by atoms with E-state index in [1.165, 1.54) is 7.11 Å². The molecule has 0 saturated heterocycles. The summed E-state index contributed by atoms with van der Waals surface area (Å²) < 4.78 is 10.2. The molecule has 8 heteroatoms. The topological polar surface area (TPSA) is 114 Å². The third kappa shape index (κ3) is 5.82. The van der Waals surface area contributed by atoms with Gasteiger partial charge in [-0.2, -0.15) is 0 Å². The number of rotatable bonds is 8. The van der Waals surface area contributed by atoms with Gasteiger partial charge in [-0.25, -0.2) is 14.6 Å². The van der Waals surface area contributed by atoms with E-state index >= 15 is 0 Å². The van der Waals surface area contributed by atoms with Crippen LogP contribution in [0.15, 0.2) is 4.42 Å². The van der Waals surface area contributed by atoms with Crippen molar-refractivity contribution in [2.24, 2.45) is 0 Å². The van der Waals surface area contributed by atoms with E-state index in [1.807, 2.05) is 0 Å². The number of carbonyl (C=O) groups excluding carboxylic acids is 1. The van der Waals surface area contributed by atoms with Crippen molar-refractivity contribution >= 4 is 12.0 Å². The summed E-state index contributed by atoms with van der Waals surface area (Å²) >= 11 is 0. The molecule has 0 aliphatic heterocycles. The van der Waals surface area contributed by atoms with Crippen LogP contribution in [0.3, 0.4) is 0 Å². The first-order valence-electron chi connectivity index (χ1n) is 6.63. The fourth-order valence-electron chi connectivity index (χ4n) is 1.67. The second-order valence-corrected chi connectivity index (χ2v) is 4.60. The van der Waals surface area contributed by atoms with Gasteiger partial charge in [0, 0.05) is 13.7 Å². The molecule has 0 radical (unpaired) electrons. The molecule has 1 rings (SSSR count). The largest absolute Gasteiger partial charge is 0.480 e. The zero-order valence-electron chi connectivity index (χ0n) is 12.4. The minimum Gasteiger partial charge on any atom is -0.480 e. The van der Waals surface area contributed by atoms with Gasteiger partial charge in [0.25, 0.3) is 0 Å². The summed E-state index contributed by atoms with van der Waals surface area (Å²) in [6.45, 7) is 4.13. The van der Waals surface area contributed by atoms with Crippen molar-refractivity contribution in [3.8, 4) is 0 Å². The number of nitrogens with one attached hydrogen (secondary N) is 2. The fourth-order valence-corrected chi connectivity index (χ4v) is 1.67. The van der Waals surface area contributed by atoms with Crippen LogP contribution in [0.4, 0.5) is 4.79 Å². The lowest BCUT2D eigenvalue weighted by molar-refractivity contribution is -0.139. The molecule has 1 aromatic heterocycles. The maximum absolute atomic E-state index is 11.7. The molecule has 3 N–H and O–H groups in total. The van der Waals surface area contributed by atoms with E-state index in [1.54, 1.807) is 13.8 Å². The zero-order chi connectivity index (χ0) is 15.8. The first-order chi connectivity index (χ1) is 9.93. The number of aromatic nitrogens is 1. The lowest BCUT2D eigenvalue weighted by Crippen LogP contribution is -2.45. The smallest absolute Gasteiger partial charge is 0.326 e. The summed E-state index contributed by atoms with van der Waals surface area (Å²) in [6, 6.07) is -1.53. The first kappa shape index (κ1) is 17.0. The highest BCUT2D eigenvalue weighted by Crippen LogP contribution is 2.07. The second kappa shape index (κ2) is 8.25. The van der Waals surface area contributed by atoms with Crippen LogP contribution in [-0.4, -0.2) is 41.8 Å². The van der Waals surface area contributed by atoms with Crippen molar-refractivity contribution in [1.29, 1.82) is 0 Å². The zero-order valence-corrected chi connectivity index (χ0v) is 12.4. The SMILES string of the molecule is COCCCC(NC(=O)NCc1nc(C)c(C)o1)C(=O)O. The Hall–Kier alpha value is -2.09. The molecular formula is C13H21N3O5. The number of carboxylic acid groups (broad SMARTS) is 1. The predicted octanol–water partition coefficient (Wildman–Crippen LogP) is 0.970. The number of carbonyl (C=O) groups is 2. The summed E-state index contributed by atoms with van der Waals surface area (Å²) in [4.78, 5) is 26.8. The van der Waals surface area contributed by atoms with Gasteiger partial charge in [-0.05, 0) is 26.7 Å². The van der Waals surface area contributed by atoms with Crippen LogP contribution >= 0.6 is 0 Å². The van der Waals surface area contributed by atoms with Crippen LogP contribution in [0.2, 0.25) is 0 Å². The Morgan fingerprint density at radius 3 is 2.67 bits per heavy atom. The number of amides is 2. The number of aliphatic carboxylic acids is 1. The van der Waals surface area contributed by atoms with Crippen LogP contribution in [-0.2, 0) is 16.1 Å². The Morgan fingerprint density at radius 1 is 1.43 bits per heavy atom. The number of urea groups is 1. The van der Waals surface area contributed by atoms with Gasteiger partial charge in [-0.1, -0.05) is 0 Å². The van der Waals surface area contributed by atoms with E-state index in [0.29, 0.717) is 31.1 Å². The van der Waals surface area contributed by atoms with Crippen molar-refractivity contribution in [3.63, 3.8) is 0 Å². The van der Waals surface area contributed by atoms with Gasteiger partial charge in [0.2, 0.25) is 5.89 Å². The number of hydrogen-bond donors (Lipinski definition) is 3. The summed E-state index contributed by atoms with van der Waals surface area (Å²) in [6.07, 6.45) is 0.847. The van der Waals surface area contributed by atoms with Gasteiger partial charge >= 0.3 is 12.0 Å². The number of methoxy groups -OCH3 is 1. The van der Waals surface area contributed by atoms with Crippen molar-refractivity contribution < 1.29 is 23.8 Å². The Morgan fingerprint density at radius 2 is 2.14 bits per heavy atom. The van der Waals surface area contributed by atoms with Gasteiger partial charge < -0.3 is 24.9 Å². The standard InChI is InChI=1S/C13H21N3O5/c1-8-9(2)21-11(15-8)7-14-13(19)16-10(12(17)18)5-4-6-20-3/h10H,4-7H2,1-3H3,(H,17,18)(H2,14,16,19). The lowest BCUT2D eigenvalue weighted by atomic mass is 10.1. The molecule has 1 heterocycles. The van der Waals surface area contributed by atoms with Crippen LogP contribution in [0.5, 0.6) is 0 Å². The number of carboxylic acids is 1. The van der Waals surface area contributed by atoms with Crippen LogP contribution in [0, 0.1) is 13.8 Å². The highest BCUT2D eigenvalue weighted by atomic mass is 16.5. The van der Waals surface area contributed by atoms with Gasteiger partial charge in [0.15, 0.2) is 0 Å². The summed E-state index contributed by atoms with van der Waals surface area (Å²) in [5, 5.41) is 13.9. The van der Waals surface area contributed by atoms with Gasteiger partial charge in [0.1, 0.15) is 11.8 Å². The average molecular weight is 299 g/mol. The third-order valence-electron chi connectivity index (χ3n) is 2.92. The molecule has 0 saturated carbocycles. The van der Waals surface area contributed by atoms with Gasteiger partial charge in [-0.3, -0.25) is 0 Å². The molecule has 0 bridgehead atoms. The maximum atomic E-state index is 11.7. The minimum absolute atomic E-state index is 0.102. The molecule has 21 heavy (non-hydrogen) atoms. The molecular weight excluding hydrogens is 278 g/mol. The number of aryl methyl sites for hydroxylation is 2. The molecule has 118 valence electrons. The molecule has 0 spiro atoms. The second-order valence-electron chi connectivity index (χ2n) is 4.60. The van der Waals surface area contributed by atoms with Gasteiger partial charge in [-0.15, -0.1) is 0 Å². The molecule has 0 aliphatic carbocycles. The highest BCUT2D eigenvalue weighted by Gasteiger charge is 2.19. The van der Waals surface area contributed by atoms with E-state index in [-0.39, 0.29) is 6.54 Å². The Labute approximate surface area is 122 Å². The molecule has 0 aromatic carbocycles. The minimum atomic E-state index is -1.08. The van der Waals surface area contributed by atoms with Crippen LogP contribution in [0.1, 0.15) is 30.2 Å². The quantitative estimate of drug-likeness (QED) is 0.616. The number of hydrogen-bond acceptors (Lipinski definition) is 5. The summed E-state index contributed by atoms with van der Waals surface area (Å²) in [5.74, 6) is -0.00865. The Bertz CT molecular complexity index is 467. The van der Waals surface area contributed by atoms with Crippen molar-refractivity contribution in [2.75, 3.05) is 13.7 Å². The van der Waals surface area contributed by atoms with E-state index < -0.39 is 18.0 Å². The Balaban J connectivity index is 2.40. The first-order valence-corrected chi connectivity index (χ1v) is 6.63. The van der Waals surface area contributed by atoms with E-state index in [2.05, 4.69) is 15.6 Å². The molecule has 1 aromatic rings. The van der Waals surface area contributed by atoms with Crippen molar-refractivity contribution in [3.05, 3.63) is 17.3 Å². The number of ether oxygens (including phenoxy) is 1. The number of oxazole rings is 1. The molecule has 8 nitrogen and oxygen atoms in total. The van der Waals surface area contributed by atoms with E-state index in [9.17, 15) is 9.59 Å². The average Bonchev–Trinajstić information content (AvgIpc) is 2.74. The predicted molar refractivity (Wildman–Crippen MR) is 73.9 cm³/mol. The molecule has 1 unspecified atom stereocenters. The normalized spacial score (nSPS) is 12.0. The molecule has 0 aliphatic rings. The van der Waals surface area contributed by atoms with Gasteiger partial charge in [0.05, 0.1) is 12.2 Å². The summed E-state index contributed by atoms with van der Waals surface area (Å²) in [5.41, 5.74) is 0.759. The lowest BCUT2D eigenvalue weighted by Gasteiger charge is -2.14. The molecule has 0 fully saturated rings. The number of nitrogens with zero attached hydrogens (tertiary/aromatic N) is 1. The maximum Gasteiger partial charge on any atom is 0.326 e. The monoisotopic (exact) mass is 299 g/mol. The third-order valence-corrected chi connectivity index (χ3v) is 2.92. The van der Waals surface area contributed by atoms with Crippen molar-refractivity contribution in [1.82, 2.24) is 15.6 Å². The fraction of sp³-hybridized carbons (Fsp3) is 0.615. The molecule has 2 amide bonds. The highest BCUT2D eigenvalue weighted by molar-refractivity contribution is 5.82. The van der Waals surface area contributed by atoms with Crippen LogP contribution in [0.25, 0.3) is 0 Å². The van der Waals surface area contributed by atoms with Crippen molar-refractivity contribution in [2.45, 2.75) is 39.3 Å².